The lowest BCUT2D eigenvalue weighted by molar-refractivity contribution is 0.200. The van der Waals surface area contributed by atoms with Gasteiger partial charge in [0.1, 0.15) is 0 Å². The molecule has 2 heterocycles. The quantitative estimate of drug-likeness (QED) is 0.737. The predicted molar refractivity (Wildman–Crippen MR) is 106 cm³/mol. The van der Waals surface area contributed by atoms with Crippen molar-refractivity contribution in [3.05, 3.63) is 48.4 Å². The van der Waals surface area contributed by atoms with Crippen molar-refractivity contribution in [1.29, 1.82) is 0 Å². The highest BCUT2D eigenvalue weighted by Gasteiger charge is 2.29. The van der Waals surface area contributed by atoms with Crippen molar-refractivity contribution in [3.8, 4) is 0 Å². The molecular formula is C19H27N5O3S. The van der Waals surface area contributed by atoms with Gasteiger partial charge in [-0.3, -0.25) is 0 Å². The minimum Gasteiger partial charge on any atom is -0.339 e. The summed E-state index contributed by atoms with van der Waals surface area (Å²) in [7, 11) is -1.89. The molecule has 0 bridgehead atoms. The Labute approximate surface area is 166 Å². The first kappa shape index (κ1) is 20.3. The largest absolute Gasteiger partial charge is 0.339 e. The van der Waals surface area contributed by atoms with Crippen LogP contribution in [0.1, 0.15) is 18.4 Å². The molecule has 3 rings (SSSR count). The smallest absolute Gasteiger partial charge is 0.317 e. The number of carbonyl (C=O) groups excluding carboxylic acids is 1. The second-order valence-electron chi connectivity index (χ2n) is 6.94. The maximum absolute atomic E-state index is 12.7. The van der Waals surface area contributed by atoms with Crippen LogP contribution in [-0.2, 0) is 23.5 Å². The van der Waals surface area contributed by atoms with Crippen molar-refractivity contribution in [1.82, 2.24) is 24.1 Å². The van der Waals surface area contributed by atoms with Gasteiger partial charge in [-0.25, -0.2) is 18.2 Å². The average molecular weight is 406 g/mol. The summed E-state index contributed by atoms with van der Waals surface area (Å²) in [4.78, 5) is 18.1. The van der Waals surface area contributed by atoms with Gasteiger partial charge in [-0.05, 0) is 24.8 Å². The molecule has 28 heavy (non-hydrogen) atoms. The minimum atomic E-state index is -3.62. The molecule has 0 atom stereocenters. The summed E-state index contributed by atoms with van der Waals surface area (Å²) in [5.41, 5.74) is 1.25. The van der Waals surface area contributed by atoms with E-state index in [0.29, 0.717) is 32.6 Å². The van der Waals surface area contributed by atoms with Gasteiger partial charge in [0.25, 0.3) is 10.0 Å². The van der Waals surface area contributed by atoms with Gasteiger partial charge in [0.2, 0.25) is 0 Å². The fourth-order valence-corrected chi connectivity index (χ4v) is 4.67. The second kappa shape index (κ2) is 9.20. The molecule has 152 valence electrons. The summed E-state index contributed by atoms with van der Waals surface area (Å²) in [6.07, 6.45) is 5.35. The molecular weight excluding hydrogens is 378 g/mol. The zero-order valence-corrected chi connectivity index (χ0v) is 16.9. The molecule has 2 aromatic rings. The molecule has 0 saturated carbocycles. The summed E-state index contributed by atoms with van der Waals surface area (Å²) < 4.78 is 28.4. The van der Waals surface area contributed by atoms with Gasteiger partial charge in [-0.2, -0.15) is 4.31 Å². The first-order valence-corrected chi connectivity index (χ1v) is 11.0. The van der Waals surface area contributed by atoms with E-state index in [2.05, 4.69) is 22.4 Å². The molecule has 1 aromatic heterocycles. The van der Waals surface area contributed by atoms with E-state index in [0.717, 1.165) is 12.8 Å². The first-order chi connectivity index (χ1) is 13.5. The lowest BCUT2D eigenvalue weighted by Crippen LogP contribution is -2.43. The lowest BCUT2D eigenvalue weighted by atomic mass is 10.1. The highest BCUT2D eigenvalue weighted by molar-refractivity contribution is 7.89. The van der Waals surface area contributed by atoms with Gasteiger partial charge in [-0.1, -0.05) is 30.3 Å². The number of imidazole rings is 1. The minimum absolute atomic E-state index is 0.0498. The van der Waals surface area contributed by atoms with Crippen LogP contribution >= 0.6 is 0 Å². The first-order valence-electron chi connectivity index (χ1n) is 9.51. The van der Waals surface area contributed by atoms with Crippen LogP contribution in [0.3, 0.4) is 0 Å². The van der Waals surface area contributed by atoms with E-state index in [1.54, 1.807) is 16.5 Å². The zero-order valence-electron chi connectivity index (χ0n) is 16.1. The molecule has 1 aliphatic rings. The van der Waals surface area contributed by atoms with Crippen molar-refractivity contribution < 1.29 is 13.2 Å². The lowest BCUT2D eigenvalue weighted by Gasteiger charge is -2.21. The van der Waals surface area contributed by atoms with E-state index in [-0.39, 0.29) is 17.6 Å². The number of benzene rings is 1. The van der Waals surface area contributed by atoms with Crippen molar-refractivity contribution in [2.24, 2.45) is 7.05 Å². The van der Waals surface area contributed by atoms with E-state index in [9.17, 15) is 13.2 Å². The van der Waals surface area contributed by atoms with E-state index in [1.807, 2.05) is 18.2 Å². The predicted octanol–water partition coefficient (Wildman–Crippen LogP) is 1.46. The Morgan fingerprint density at radius 3 is 2.64 bits per heavy atom. The molecule has 9 heteroatoms. The number of amides is 2. The van der Waals surface area contributed by atoms with Gasteiger partial charge < -0.3 is 14.8 Å². The Kier molecular flexibility index (Phi) is 6.69. The van der Waals surface area contributed by atoms with Crippen molar-refractivity contribution in [2.45, 2.75) is 24.3 Å². The van der Waals surface area contributed by atoms with Crippen molar-refractivity contribution in [3.63, 3.8) is 0 Å². The molecule has 2 amide bonds. The van der Waals surface area contributed by atoms with Crippen LogP contribution in [0.2, 0.25) is 0 Å². The van der Waals surface area contributed by atoms with Crippen LogP contribution in [0.4, 0.5) is 4.79 Å². The Hall–Kier alpha value is -2.39. The van der Waals surface area contributed by atoms with E-state index >= 15 is 0 Å². The van der Waals surface area contributed by atoms with Gasteiger partial charge >= 0.3 is 6.03 Å². The summed E-state index contributed by atoms with van der Waals surface area (Å²) in [5.74, 6) is 0. The molecule has 1 aromatic carbocycles. The molecule has 1 fully saturated rings. The van der Waals surface area contributed by atoms with Crippen molar-refractivity contribution >= 4 is 16.1 Å². The zero-order chi connectivity index (χ0) is 20.0. The number of carbonyl (C=O) groups is 1. The number of nitrogens with one attached hydrogen (secondary N) is 1. The van der Waals surface area contributed by atoms with Gasteiger partial charge in [0, 0.05) is 46.0 Å². The second-order valence-corrected chi connectivity index (χ2v) is 8.83. The summed E-state index contributed by atoms with van der Waals surface area (Å²) >= 11 is 0. The standard InChI is InChI=1S/C19H27N5O3S/c1-22-15-18(21-16-22)28(26,27)24-12-6-11-23(13-14-24)19(25)20-10-5-9-17-7-3-2-4-8-17/h2-4,7-8,15-16H,5-6,9-14H2,1H3,(H,20,25). The molecule has 0 unspecified atom stereocenters. The Balaban J connectivity index is 1.47. The monoisotopic (exact) mass is 405 g/mol. The maximum atomic E-state index is 12.7. The molecule has 0 radical (unpaired) electrons. The number of nitrogens with zero attached hydrogens (tertiary/aromatic N) is 4. The third kappa shape index (κ3) is 5.11. The number of hydrogen-bond donors (Lipinski definition) is 1. The molecule has 8 nitrogen and oxygen atoms in total. The topological polar surface area (TPSA) is 87.5 Å². The number of sulfonamides is 1. The number of hydrogen-bond acceptors (Lipinski definition) is 4. The number of urea groups is 1. The number of rotatable bonds is 6. The van der Waals surface area contributed by atoms with Crippen LogP contribution in [0, 0.1) is 0 Å². The molecule has 1 aliphatic heterocycles. The molecule has 1 saturated heterocycles. The Morgan fingerprint density at radius 1 is 1.14 bits per heavy atom. The van der Waals surface area contributed by atoms with Crippen LogP contribution in [0.15, 0.2) is 47.9 Å². The highest BCUT2D eigenvalue weighted by Crippen LogP contribution is 2.15. The SMILES string of the molecule is Cn1cnc(S(=O)(=O)N2CCCN(C(=O)NCCCc3ccccc3)CC2)c1. The van der Waals surface area contributed by atoms with E-state index in [4.69, 9.17) is 0 Å². The van der Waals surface area contributed by atoms with Gasteiger partial charge in [0.15, 0.2) is 5.03 Å². The summed E-state index contributed by atoms with van der Waals surface area (Å²) in [5, 5.41) is 2.99. The van der Waals surface area contributed by atoms with E-state index in [1.165, 1.54) is 22.4 Å². The maximum Gasteiger partial charge on any atom is 0.317 e. The third-order valence-corrected chi connectivity index (χ3v) is 6.57. The fourth-order valence-electron chi connectivity index (χ4n) is 3.24. The summed E-state index contributed by atoms with van der Waals surface area (Å²) in [6, 6.07) is 10.0. The van der Waals surface area contributed by atoms with Crippen LogP contribution < -0.4 is 5.32 Å². The molecule has 0 spiro atoms. The average Bonchev–Trinajstić information content (AvgIpc) is 2.98. The normalized spacial score (nSPS) is 16.0. The van der Waals surface area contributed by atoms with E-state index < -0.39 is 10.0 Å². The summed E-state index contributed by atoms with van der Waals surface area (Å²) in [6.45, 7) is 2.17. The molecule has 1 N–H and O–H groups in total. The van der Waals surface area contributed by atoms with Gasteiger partial charge in [-0.15, -0.1) is 0 Å². The fraction of sp³-hybridized carbons (Fsp3) is 0.474. The number of aryl methyl sites for hydroxylation is 2. The van der Waals surface area contributed by atoms with Crippen LogP contribution in [-0.4, -0.2) is 65.9 Å². The third-order valence-electron chi connectivity index (χ3n) is 4.79. The van der Waals surface area contributed by atoms with Gasteiger partial charge in [0.05, 0.1) is 6.33 Å². The van der Waals surface area contributed by atoms with Crippen molar-refractivity contribution in [2.75, 3.05) is 32.7 Å². The molecule has 0 aliphatic carbocycles. The number of aromatic nitrogens is 2. The highest BCUT2D eigenvalue weighted by atomic mass is 32.2. The Morgan fingerprint density at radius 2 is 1.93 bits per heavy atom. The van der Waals surface area contributed by atoms with Crippen LogP contribution in [0.25, 0.3) is 0 Å². The Bertz CT molecular complexity index is 882. The van der Waals surface area contributed by atoms with Crippen LogP contribution in [0.5, 0.6) is 0 Å².